The summed E-state index contributed by atoms with van der Waals surface area (Å²) in [5.74, 6) is 0.347. The van der Waals surface area contributed by atoms with E-state index in [0.717, 1.165) is 17.7 Å². The fourth-order valence-electron chi connectivity index (χ4n) is 3.23. The number of nitrogens with one attached hydrogen (secondary N) is 1. The van der Waals surface area contributed by atoms with E-state index in [-0.39, 0.29) is 11.6 Å². The molecule has 3 N–H and O–H groups in total. The van der Waals surface area contributed by atoms with Gasteiger partial charge in [-0.2, -0.15) is 5.10 Å². The molecule has 6 nitrogen and oxygen atoms in total. The van der Waals surface area contributed by atoms with E-state index in [2.05, 4.69) is 10.4 Å². The smallest absolute Gasteiger partial charge is 0.290 e. The molecular formula is C18H24N4O2S. The fourth-order valence-corrected chi connectivity index (χ4v) is 3.92. The van der Waals surface area contributed by atoms with Gasteiger partial charge in [0.05, 0.1) is 4.88 Å². The standard InChI is InChI=1S/C18H24N4O2S/c1-12(17(23)20-11-13-6-3-2-4-7-13)22-18(24)14(19)10-15(21-22)16-8-5-9-25-16/h5,8-10,12-13H,2-4,6-7,11,19H2,1H3,(H,20,23)/t12-/m0/s1. The molecule has 25 heavy (non-hydrogen) atoms. The van der Waals surface area contributed by atoms with E-state index in [1.165, 1.54) is 35.3 Å². The number of aromatic nitrogens is 2. The minimum absolute atomic E-state index is 0.102. The van der Waals surface area contributed by atoms with Gasteiger partial charge in [-0.1, -0.05) is 25.3 Å². The SMILES string of the molecule is C[C@@H](C(=O)NCC1CCCCC1)n1nc(-c2cccs2)cc(N)c1=O. The van der Waals surface area contributed by atoms with Gasteiger partial charge in [-0.05, 0) is 43.2 Å². The summed E-state index contributed by atoms with van der Waals surface area (Å²) < 4.78 is 1.20. The van der Waals surface area contributed by atoms with E-state index in [1.807, 2.05) is 17.5 Å². The van der Waals surface area contributed by atoms with Gasteiger partial charge >= 0.3 is 0 Å². The summed E-state index contributed by atoms with van der Waals surface area (Å²) in [7, 11) is 0. The monoisotopic (exact) mass is 360 g/mol. The van der Waals surface area contributed by atoms with Crippen molar-refractivity contribution in [3.8, 4) is 10.6 Å². The highest BCUT2D eigenvalue weighted by atomic mass is 32.1. The maximum absolute atomic E-state index is 12.5. The summed E-state index contributed by atoms with van der Waals surface area (Å²) >= 11 is 1.51. The molecule has 1 saturated carbocycles. The number of nitrogen functional groups attached to an aromatic ring is 1. The number of nitrogens with zero attached hydrogens (tertiary/aromatic N) is 2. The highest BCUT2D eigenvalue weighted by Gasteiger charge is 2.21. The summed E-state index contributed by atoms with van der Waals surface area (Å²) in [6.45, 7) is 2.35. The van der Waals surface area contributed by atoms with Crippen LogP contribution in [0.2, 0.25) is 0 Å². The van der Waals surface area contributed by atoms with Crippen molar-refractivity contribution < 1.29 is 4.79 Å². The van der Waals surface area contributed by atoms with E-state index in [1.54, 1.807) is 13.0 Å². The number of rotatable bonds is 5. The summed E-state index contributed by atoms with van der Waals surface area (Å²) in [5, 5.41) is 9.27. The van der Waals surface area contributed by atoms with Crippen LogP contribution in [0.25, 0.3) is 10.6 Å². The van der Waals surface area contributed by atoms with Gasteiger partial charge in [0.2, 0.25) is 5.91 Å². The van der Waals surface area contributed by atoms with E-state index < -0.39 is 11.6 Å². The van der Waals surface area contributed by atoms with Crippen LogP contribution in [0.3, 0.4) is 0 Å². The van der Waals surface area contributed by atoms with E-state index in [0.29, 0.717) is 18.2 Å². The van der Waals surface area contributed by atoms with Crippen molar-refractivity contribution in [2.24, 2.45) is 5.92 Å². The molecule has 3 rings (SSSR count). The zero-order valence-corrected chi connectivity index (χ0v) is 15.2. The van der Waals surface area contributed by atoms with Crippen LogP contribution in [0.5, 0.6) is 0 Å². The van der Waals surface area contributed by atoms with Crippen molar-refractivity contribution in [2.75, 3.05) is 12.3 Å². The Morgan fingerprint density at radius 2 is 2.20 bits per heavy atom. The van der Waals surface area contributed by atoms with Crippen molar-refractivity contribution in [1.29, 1.82) is 0 Å². The van der Waals surface area contributed by atoms with Gasteiger partial charge < -0.3 is 11.1 Å². The van der Waals surface area contributed by atoms with Crippen molar-refractivity contribution in [2.45, 2.75) is 45.1 Å². The van der Waals surface area contributed by atoms with Crippen molar-refractivity contribution >= 4 is 22.9 Å². The van der Waals surface area contributed by atoms with Crippen LogP contribution in [0.15, 0.2) is 28.4 Å². The first kappa shape index (κ1) is 17.7. The average Bonchev–Trinajstić information content (AvgIpc) is 3.17. The number of carbonyl (C=O) groups is 1. The summed E-state index contributed by atoms with van der Waals surface area (Å²) in [6.07, 6.45) is 6.07. The van der Waals surface area contributed by atoms with Gasteiger partial charge in [-0.25, -0.2) is 4.68 Å². The van der Waals surface area contributed by atoms with E-state index >= 15 is 0 Å². The third-order valence-corrected chi connectivity index (χ3v) is 5.66. The molecule has 0 aromatic carbocycles. The number of thiophene rings is 1. The molecule has 1 aliphatic carbocycles. The molecule has 0 bridgehead atoms. The third kappa shape index (κ3) is 4.10. The molecule has 0 unspecified atom stereocenters. The van der Waals surface area contributed by atoms with Crippen LogP contribution in [0.4, 0.5) is 5.69 Å². The quantitative estimate of drug-likeness (QED) is 0.858. The molecular weight excluding hydrogens is 336 g/mol. The predicted molar refractivity (Wildman–Crippen MR) is 101 cm³/mol. The Hall–Kier alpha value is -2.15. The summed E-state index contributed by atoms with van der Waals surface area (Å²) in [5.41, 5.74) is 6.14. The lowest BCUT2D eigenvalue weighted by Gasteiger charge is -2.23. The van der Waals surface area contributed by atoms with Gasteiger partial charge in [0.1, 0.15) is 17.4 Å². The minimum atomic E-state index is -0.696. The number of carbonyl (C=O) groups excluding carboxylic acids is 1. The molecule has 1 amide bonds. The van der Waals surface area contributed by atoms with Crippen LogP contribution >= 0.6 is 11.3 Å². The Balaban J connectivity index is 1.75. The molecule has 0 spiro atoms. The molecule has 0 radical (unpaired) electrons. The van der Waals surface area contributed by atoms with Crippen LogP contribution in [0, 0.1) is 5.92 Å². The largest absolute Gasteiger partial charge is 0.394 e. The predicted octanol–water partition coefficient (Wildman–Crippen LogP) is 2.81. The molecule has 1 atom stereocenters. The molecule has 1 fully saturated rings. The van der Waals surface area contributed by atoms with Gasteiger partial charge in [-0.15, -0.1) is 11.3 Å². The topological polar surface area (TPSA) is 90.0 Å². The Kier molecular flexibility index (Phi) is 5.53. The van der Waals surface area contributed by atoms with Crippen LogP contribution in [-0.4, -0.2) is 22.2 Å². The highest BCUT2D eigenvalue weighted by molar-refractivity contribution is 7.13. The molecule has 7 heteroatoms. The van der Waals surface area contributed by atoms with Gasteiger partial charge in [0.15, 0.2) is 0 Å². The van der Waals surface area contributed by atoms with Crippen molar-refractivity contribution in [1.82, 2.24) is 15.1 Å². The first-order chi connectivity index (χ1) is 12.1. The minimum Gasteiger partial charge on any atom is -0.394 e. The first-order valence-electron chi connectivity index (χ1n) is 8.77. The van der Waals surface area contributed by atoms with Crippen molar-refractivity contribution in [3.05, 3.63) is 33.9 Å². The zero-order chi connectivity index (χ0) is 17.8. The average molecular weight is 360 g/mol. The Bertz CT molecular complexity index is 779. The fraction of sp³-hybridized carbons (Fsp3) is 0.500. The highest BCUT2D eigenvalue weighted by Crippen LogP contribution is 2.24. The maximum Gasteiger partial charge on any atom is 0.290 e. The van der Waals surface area contributed by atoms with Crippen LogP contribution in [0.1, 0.15) is 45.1 Å². The van der Waals surface area contributed by atoms with Crippen LogP contribution < -0.4 is 16.6 Å². The molecule has 0 aliphatic heterocycles. The maximum atomic E-state index is 12.5. The summed E-state index contributed by atoms with van der Waals surface area (Å²) in [6, 6.07) is 4.69. The number of hydrogen-bond acceptors (Lipinski definition) is 5. The second-order valence-corrected chi connectivity index (χ2v) is 7.58. The zero-order valence-electron chi connectivity index (χ0n) is 14.4. The third-order valence-electron chi connectivity index (χ3n) is 4.77. The van der Waals surface area contributed by atoms with Gasteiger partial charge in [0, 0.05) is 6.54 Å². The first-order valence-corrected chi connectivity index (χ1v) is 9.65. The number of nitrogens with two attached hydrogens (primary N) is 1. The Morgan fingerprint density at radius 3 is 2.88 bits per heavy atom. The van der Waals surface area contributed by atoms with Gasteiger partial charge in [-0.3, -0.25) is 9.59 Å². The molecule has 0 saturated heterocycles. The van der Waals surface area contributed by atoms with Crippen molar-refractivity contribution in [3.63, 3.8) is 0 Å². The summed E-state index contributed by atoms with van der Waals surface area (Å²) in [4.78, 5) is 25.8. The molecule has 2 aromatic rings. The van der Waals surface area contributed by atoms with Crippen LogP contribution in [-0.2, 0) is 4.79 Å². The Labute approximate surface area is 151 Å². The van der Waals surface area contributed by atoms with E-state index in [9.17, 15) is 9.59 Å². The molecule has 2 aromatic heterocycles. The normalized spacial score (nSPS) is 16.5. The van der Waals surface area contributed by atoms with Gasteiger partial charge in [0.25, 0.3) is 5.56 Å². The second kappa shape index (κ2) is 7.82. The molecule has 1 aliphatic rings. The number of amides is 1. The Morgan fingerprint density at radius 1 is 1.44 bits per heavy atom. The number of hydrogen-bond donors (Lipinski definition) is 2. The molecule has 2 heterocycles. The second-order valence-electron chi connectivity index (χ2n) is 6.64. The van der Waals surface area contributed by atoms with E-state index in [4.69, 9.17) is 5.73 Å². The lowest BCUT2D eigenvalue weighted by Crippen LogP contribution is -2.39. The number of anilines is 1. The lowest BCUT2D eigenvalue weighted by molar-refractivity contribution is -0.124. The lowest BCUT2D eigenvalue weighted by atomic mass is 9.89. The molecule has 134 valence electrons.